The van der Waals surface area contributed by atoms with E-state index in [4.69, 9.17) is 4.74 Å². The van der Waals surface area contributed by atoms with Crippen LogP contribution >= 0.6 is 0 Å². The number of rotatable bonds is 3. The monoisotopic (exact) mass is 196 g/mol. The molecule has 0 spiro atoms. The Morgan fingerprint density at radius 1 is 1.79 bits per heavy atom. The second-order valence-corrected chi connectivity index (χ2v) is 3.12. The maximum absolute atomic E-state index is 11.2. The van der Waals surface area contributed by atoms with Gasteiger partial charge in [-0.05, 0) is 6.92 Å². The lowest BCUT2D eigenvalue weighted by Gasteiger charge is -2.26. The molecule has 0 aromatic carbocycles. The van der Waals surface area contributed by atoms with Crippen LogP contribution in [0.25, 0.3) is 0 Å². The molecule has 6 nitrogen and oxygen atoms in total. The molecule has 0 saturated carbocycles. The van der Waals surface area contributed by atoms with Crippen molar-refractivity contribution in [3.8, 4) is 0 Å². The summed E-state index contributed by atoms with van der Waals surface area (Å²) in [6, 6.07) is 0.325. The van der Waals surface area contributed by atoms with E-state index >= 15 is 0 Å². The Morgan fingerprint density at radius 3 is 3.14 bits per heavy atom. The molecule has 1 fully saturated rings. The summed E-state index contributed by atoms with van der Waals surface area (Å²) in [5.41, 5.74) is 0.277. The standard InChI is InChI=1S/C8H12N4O2/c1-2-14-8(13)7-5-12(11-10-7)6-3-9-4-6/h5-6,9H,2-4H2,1H3. The first-order valence-electron chi connectivity index (χ1n) is 4.61. The average molecular weight is 196 g/mol. The van der Waals surface area contributed by atoms with Crippen LogP contribution in [0.4, 0.5) is 0 Å². The van der Waals surface area contributed by atoms with Crippen molar-refractivity contribution >= 4 is 5.97 Å². The van der Waals surface area contributed by atoms with Crippen molar-refractivity contribution in [2.45, 2.75) is 13.0 Å². The van der Waals surface area contributed by atoms with Gasteiger partial charge in [0.25, 0.3) is 0 Å². The van der Waals surface area contributed by atoms with Gasteiger partial charge in [-0.3, -0.25) is 0 Å². The van der Waals surface area contributed by atoms with E-state index in [9.17, 15) is 4.79 Å². The molecule has 1 aromatic rings. The predicted molar refractivity (Wildman–Crippen MR) is 47.9 cm³/mol. The van der Waals surface area contributed by atoms with Gasteiger partial charge < -0.3 is 10.1 Å². The number of aromatic nitrogens is 3. The van der Waals surface area contributed by atoms with E-state index < -0.39 is 5.97 Å². The Morgan fingerprint density at radius 2 is 2.57 bits per heavy atom. The molecule has 6 heteroatoms. The first kappa shape index (κ1) is 9.14. The second kappa shape index (κ2) is 3.75. The molecular formula is C8H12N4O2. The average Bonchev–Trinajstić information content (AvgIpc) is 2.50. The number of hydrogen-bond acceptors (Lipinski definition) is 5. The second-order valence-electron chi connectivity index (χ2n) is 3.12. The summed E-state index contributed by atoms with van der Waals surface area (Å²) in [6.07, 6.45) is 1.63. The van der Waals surface area contributed by atoms with Crippen LogP contribution in [0.2, 0.25) is 0 Å². The fourth-order valence-electron chi connectivity index (χ4n) is 1.21. The van der Waals surface area contributed by atoms with Gasteiger partial charge in [0.05, 0.1) is 18.8 Å². The zero-order valence-electron chi connectivity index (χ0n) is 7.93. The fraction of sp³-hybridized carbons (Fsp3) is 0.625. The number of carbonyl (C=O) groups is 1. The maximum atomic E-state index is 11.2. The van der Waals surface area contributed by atoms with E-state index in [0.29, 0.717) is 12.6 Å². The summed E-state index contributed by atoms with van der Waals surface area (Å²) in [6.45, 7) is 3.88. The summed E-state index contributed by atoms with van der Waals surface area (Å²) in [7, 11) is 0. The lowest BCUT2D eigenvalue weighted by Crippen LogP contribution is -2.43. The normalized spacial score (nSPS) is 16.4. The van der Waals surface area contributed by atoms with Gasteiger partial charge in [0, 0.05) is 13.1 Å². The van der Waals surface area contributed by atoms with Crippen molar-refractivity contribution in [2.75, 3.05) is 19.7 Å². The van der Waals surface area contributed by atoms with Crippen molar-refractivity contribution in [3.05, 3.63) is 11.9 Å². The van der Waals surface area contributed by atoms with Gasteiger partial charge in [0.2, 0.25) is 0 Å². The van der Waals surface area contributed by atoms with Gasteiger partial charge in [-0.25, -0.2) is 9.48 Å². The van der Waals surface area contributed by atoms with E-state index in [0.717, 1.165) is 13.1 Å². The fourth-order valence-corrected chi connectivity index (χ4v) is 1.21. The zero-order chi connectivity index (χ0) is 9.97. The summed E-state index contributed by atoms with van der Waals surface area (Å²) >= 11 is 0. The Kier molecular flexibility index (Phi) is 2.45. The Labute approximate surface area is 81.2 Å². The van der Waals surface area contributed by atoms with Crippen LogP contribution in [-0.2, 0) is 4.74 Å². The number of nitrogens with zero attached hydrogens (tertiary/aromatic N) is 3. The van der Waals surface area contributed by atoms with E-state index in [1.807, 2.05) is 0 Å². The molecule has 1 aliphatic rings. The van der Waals surface area contributed by atoms with Crippen LogP contribution in [0.5, 0.6) is 0 Å². The molecule has 0 bridgehead atoms. The number of carbonyl (C=O) groups excluding carboxylic acids is 1. The summed E-state index contributed by atoms with van der Waals surface area (Å²) < 4.78 is 6.50. The van der Waals surface area contributed by atoms with Crippen molar-refractivity contribution in [1.29, 1.82) is 0 Å². The smallest absolute Gasteiger partial charge is 0.360 e. The predicted octanol–water partition coefficient (Wildman–Crippen LogP) is -0.401. The summed E-state index contributed by atoms with van der Waals surface area (Å²) in [5, 5.41) is 10.7. The molecule has 0 unspecified atom stereocenters. The molecule has 0 atom stereocenters. The zero-order valence-corrected chi connectivity index (χ0v) is 7.93. The molecule has 1 N–H and O–H groups in total. The molecule has 2 rings (SSSR count). The van der Waals surface area contributed by atoms with Crippen LogP contribution in [0.3, 0.4) is 0 Å². The highest BCUT2D eigenvalue weighted by molar-refractivity contribution is 5.86. The van der Waals surface area contributed by atoms with Crippen LogP contribution < -0.4 is 5.32 Å². The first-order chi connectivity index (χ1) is 6.81. The van der Waals surface area contributed by atoms with E-state index in [-0.39, 0.29) is 5.69 Å². The molecule has 0 amide bonds. The Hall–Kier alpha value is -1.43. The van der Waals surface area contributed by atoms with E-state index in [1.165, 1.54) is 0 Å². The van der Waals surface area contributed by atoms with Crippen molar-refractivity contribution in [2.24, 2.45) is 0 Å². The van der Waals surface area contributed by atoms with E-state index in [1.54, 1.807) is 17.8 Å². The molecule has 0 aliphatic carbocycles. The quantitative estimate of drug-likeness (QED) is 0.666. The van der Waals surface area contributed by atoms with Gasteiger partial charge >= 0.3 is 5.97 Å². The van der Waals surface area contributed by atoms with Gasteiger partial charge in [-0.15, -0.1) is 5.10 Å². The van der Waals surface area contributed by atoms with Crippen molar-refractivity contribution < 1.29 is 9.53 Å². The van der Waals surface area contributed by atoms with Gasteiger partial charge in [-0.1, -0.05) is 5.21 Å². The number of nitrogens with one attached hydrogen (secondary N) is 1. The third-order valence-corrected chi connectivity index (χ3v) is 2.13. The molecule has 76 valence electrons. The van der Waals surface area contributed by atoms with Gasteiger partial charge in [0.15, 0.2) is 5.69 Å². The van der Waals surface area contributed by atoms with Crippen molar-refractivity contribution in [3.63, 3.8) is 0 Å². The Bertz CT molecular complexity index is 332. The largest absolute Gasteiger partial charge is 0.461 e. The number of hydrogen-bond donors (Lipinski definition) is 1. The summed E-state index contributed by atoms with van der Waals surface area (Å²) in [5.74, 6) is -0.411. The van der Waals surface area contributed by atoms with Gasteiger partial charge in [0.1, 0.15) is 0 Å². The van der Waals surface area contributed by atoms with Crippen molar-refractivity contribution in [1.82, 2.24) is 20.3 Å². The molecular weight excluding hydrogens is 184 g/mol. The SMILES string of the molecule is CCOC(=O)c1cn(C2CNC2)nn1. The minimum Gasteiger partial charge on any atom is -0.461 e. The lowest BCUT2D eigenvalue weighted by atomic mass is 10.2. The molecule has 2 heterocycles. The molecule has 1 aliphatic heterocycles. The minimum atomic E-state index is -0.411. The molecule has 14 heavy (non-hydrogen) atoms. The van der Waals surface area contributed by atoms with Crippen LogP contribution in [0.1, 0.15) is 23.5 Å². The van der Waals surface area contributed by atoms with Crippen LogP contribution in [0, 0.1) is 0 Å². The maximum Gasteiger partial charge on any atom is 0.360 e. The van der Waals surface area contributed by atoms with E-state index in [2.05, 4.69) is 15.6 Å². The highest BCUT2D eigenvalue weighted by Crippen LogP contribution is 2.10. The molecule has 0 radical (unpaired) electrons. The highest BCUT2D eigenvalue weighted by Gasteiger charge is 2.21. The summed E-state index contributed by atoms with van der Waals surface area (Å²) in [4.78, 5) is 11.2. The third kappa shape index (κ3) is 1.60. The third-order valence-electron chi connectivity index (χ3n) is 2.13. The van der Waals surface area contributed by atoms with Crippen LogP contribution in [0.15, 0.2) is 6.20 Å². The number of ether oxygens (including phenoxy) is 1. The topological polar surface area (TPSA) is 69.0 Å². The van der Waals surface area contributed by atoms with Crippen LogP contribution in [-0.4, -0.2) is 40.7 Å². The molecule has 1 saturated heterocycles. The van der Waals surface area contributed by atoms with Gasteiger partial charge in [-0.2, -0.15) is 0 Å². The minimum absolute atomic E-state index is 0.277. The molecule has 1 aromatic heterocycles. The number of esters is 1. The lowest BCUT2D eigenvalue weighted by molar-refractivity contribution is 0.0519. The first-order valence-corrected chi connectivity index (χ1v) is 4.61. The highest BCUT2D eigenvalue weighted by atomic mass is 16.5. The Balaban J connectivity index is 2.05.